The quantitative estimate of drug-likeness (QED) is 0.882. The van der Waals surface area contributed by atoms with E-state index in [0.717, 1.165) is 23.3 Å². The Kier molecular flexibility index (Phi) is 5.15. The van der Waals surface area contributed by atoms with Gasteiger partial charge >= 0.3 is 5.97 Å². The second-order valence-corrected chi connectivity index (χ2v) is 5.12. The summed E-state index contributed by atoms with van der Waals surface area (Å²) in [6.45, 7) is 2.01. The summed E-state index contributed by atoms with van der Waals surface area (Å²) in [4.78, 5) is 11.5. The van der Waals surface area contributed by atoms with Crippen molar-refractivity contribution in [3.05, 3.63) is 65.0 Å². The van der Waals surface area contributed by atoms with Crippen LogP contribution in [0.15, 0.2) is 42.5 Å². The summed E-state index contributed by atoms with van der Waals surface area (Å²) in [5.41, 5.74) is 2.08. The Balaban J connectivity index is 2.33. The third-order valence-electron chi connectivity index (χ3n) is 3.74. The summed E-state index contributed by atoms with van der Waals surface area (Å²) in [6.07, 6.45) is 1.03. The van der Waals surface area contributed by atoms with E-state index in [9.17, 15) is 14.3 Å². The van der Waals surface area contributed by atoms with Crippen molar-refractivity contribution in [2.75, 3.05) is 7.11 Å². The maximum atomic E-state index is 13.9. The molecule has 3 nitrogen and oxygen atoms in total. The standard InChI is InChI=1S/C18H19FO3/c1-3-13-10-12(8-9-17(13)22-2)11-15(18(20)21)14-6-4-5-7-16(14)19/h4-10,15H,3,11H2,1-2H3,(H,20,21). The highest BCUT2D eigenvalue weighted by molar-refractivity contribution is 5.76. The first-order valence-corrected chi connectivity index (χ1v) is 7.19. The molecule has 1 atom stereocenters. The highest BCUT2D eigenvalue weighted by Gasteiger charge is 2.23. The molecular formula is C18H19FO3. The molecule has 0 aliphatic carbocycles. The van der Waals surface area contributed by atoms with E-state index in [1.807, 2.05) is 25.1 Å². The van der Waals surface area contributed by atoms with Crippen LogP contribution in [0.2, 0.25) is 0 Å². The van der Waals surface area contributed by atoms with Crippen LogP contribution in [-0.4, -0.2) is 18.2 Å². The van der Waals surface area contributed by atoms with Gasteiger partial charge in [0.05, 0.1) is 13.0 Å². The number of benzene rings is 2. The van der Waals surface area contributed by atoms with E-state index in [0.29, 0.717) is 0 Å². The van der Waals surface area contributed by atoms with Crippen molar-refractivity contribution in [3.63, 3.8) is 0 Å². The number of halogens is 1. The smallest absolute Gasteiger partial charge is 0.311 e. The first kappa shape index (κ1) is 16.0. The summed E-state index contributed by atoms with van der Waals surface area (Å²) in [6, 6.07) is 11.6. The molecule has 4 heteroatoms. The summed E-state index contributed by atoms with van der Waals surface area (Å²) in [7, 11) is 1.60. The molecule has 1 N–H and O–H groups in total. The summed E-state index contributed by atoms with van der Waals surface area (Å²) < 4.78 is 19.2. The minimum atomic E-state index is -1.03. The van der Waals surface area contributed by atoms with Crippen molar-refractivity contribution >= 4 is 5.97 Å². The number of hydrogen-bond acceptors (Lipinski definition) is 2. The monoisotopic (exact) mass is 302 g/mol. The van der Waals surface area contributed by atoms with E-state index in [1.165, 1.54) is 12.1 Å². The number of rotatable bonds is 6. The van der Waals surface area contributed by atoms with Crippen molar-refractivity contribution in [1.29, 1.82) is 0 Å². The predicted octanol–water partition coefficient (Wildman–Crippen LogP) is 3.81. The molecule has 0 radical (unpaired) electrons. The zero-order valence-electron chi connectivity index (χ0n) is 12.7. The van der Waals surface area contributed by atoms with Gasteiger partial charge in [-0.1, -0.05) is 37.3 Å². The number of carbonyl (C=O) groups is 1. The molecule has 1 unspecified atom stereocenters. The molecule has 0 spiro atoms. The topological polar surface area (TPSA) is 46.5 Å². The van der Waals surface area contributed by atoms with Crippen molar-refractivity contribution in [2.45, 2.75) is 25.7 Å². The zero-order chi connectivity index (χ0) is 16.1. The second-order valence-electron chi connectivity index (χ2n) is 5.12. The average molecular weight is 302 g/mol. The molecule has 22 heavy (non-hydrogen) atoms. The van der Waals surface area contributed by atoms with E-state index >= 15 is 0 Å². The fourth-order valence-electron chi connectivity index (χ4n) is 2.56. The average Bonchev–Trinajstić information content (AvgIpc) is 2.53. The summed E-state index contributed by atoms with van der Waals surface area (Å²) in [5.74, 6) is -1.64. The van der Waals surface area contributed by atoms with Crippen molar-refractivity contribution in [3.8, 4) is 5.75 Å². The van der Waals surface area contributed by atoms with Crippen LogP contribution in [0.1, 0.15) is 29.5 Å². The Bertz CT molecular complexity index is 667. The molecular weight excluding hydrogens is 283 g/mol. The molecule has 0 aliphatic rings. The second kappa shape index (κ2) is 7.07. The maximum Gasteiger partial charge on any atom is 0.311 e. The van der Waals surface area contributed by atoms with E-state index in [1.54, 1.807) is 19.2 Å². The first-order chi connectivity index (χ1) is 10.6. The third kappa shape index (κ3) is 3.45. The highest BCUT2D eigenvalue weighted by atomic mass is 19.1. The van der Waals surface area contributed by atoms with Gasteiger partial charge < -0.3 is 9.84 Å². The number of carboxylic acids is 1. The molecule has 0 saturated carbocycles. The van der Waals surface area contributed by atoms with Gasteiger partial charge in [0.1, 0.15) is 11.6 Å². The van der Waals surface area contributed by atoms with Crippen LogP contribution < -0.4 is 4.74 Å². The lowest BCUT2D eigenvalue weighted by Crippen LogP contribution is -2.16. The lowest BCUT2D eigenvalue weighted by atomic mass is 9.90. The lowest BCUT2D eigenvalue weighted by molar-refractivity contribution is -0.138. The molecule has 0 aliphatic heterocycles. The molecule has 0 amide bonds. The number of methoxy groups -OCH3 is 1. The Labute approximate surface area is 129 Å². The normalized spacial score (nSPS) is 12.0. The van der Waals surface area contributed by atoms with Gasteiger partial charge in [-0.25, -0.2) is 4.39 Å². The Morgan fingerprint density at radius 3 is 2.59 bits per heavy atom. The van der Waals surface area contributed by atoms with Gasteiger partial charge in [-0.05, 0) is 36.1 Å². The van der Waals surface area contributed by atoms with Gasteiger partial charge in [0.15, 0.2) is 0 Å². The molecule has 0 bridgehead atoms. The minimum Gasteiger partial charge on any atom is -0.496 e. The van der Waals surface area contributed by atoms with Gasteiger partial charge in [0.25, 0.3) is 0 Å². The van der Waals surface area contributed by atoms with Crippen LogP contribution in [0.3, 0.4) is 0 Å². The largest absolute Gasteiger partial charge is 0.496 e. The molecule has 0 fully saturated rings. The van der Waals surface area contributed by atoms with Gasteiger partial charge in [-0.15, -0.1) is 0 Å². The fraction of sp³-hybridized carbons (Fsp3) is 0.278. The van der Waals surface area contributed by atoms with E-state index in [4.69, 9.17) is 4.74 Å². The highest BCUT2D eigenvalue weighted by Crippen LogP contribution is 2.27. The van der Waals surface area contributed by atoms with Crippen LogP contribution in [0, 0.1) is 5.82 Å². The number of aliphatic carboxylic acids is 1. The van der Waals surface area contributed by atoms with E-state index < -0.39 is 17.7 Å². The minimum absolute atomic E-state index is 0.212. The molecule has 0 saturated heterocycles. The SMILES string of the molecule is CCc1cc(CC(C(=O)O)c2ccccc2F)ccc1OC. The molecule has 2 rings (SSSR count). The van der Waals surface area contributed by atoms with Gasteiger partial charge in [-0.3, -0.25) is 4.79 Å². The first-order valence-electron chi connectivity index (χ1n) is 7.19. The van der Waals surface area contributed by atoms with Crippen molar-refractivity contribution in [2.24, 2.45) is 0 Å². The number of hydrogen-bond donors (Lipinski definition) is 1. The van der Waals surface area contributed by atoms with Crippen LogP contribution in [-0.2, 0) is 17.6 Å². The van der Waals surface area contributed by atoms with Gasteiger partial charge in [-0.2, -0.15) is 0 Å². The van der Waals surface area contributed by atoms with Crippen LogP contribution in [0.25, 0.3) is 0 Å². The van der Waals surface area contributed by atoms with Crippen LogP contribution in [0.4, 0.5) is 4.39 Å². The lowest BCUT2D eigenvalue weighted by Gasteiger charge is -2.15. The van der Waals surface area contributed by atoms with Gasteiger partial charge in [0.2, 0.25) is 0 Å². The van der Waals surface area contributed by atoms with Crippen molar-refractivity contribution in [1.82, 2.24) is 0 Å². The van der Waals surface area contributed by atoms with Gasteiger partial charge in [0, 0.05) is 5.56 Å². The molecule has 0 heterocycles. The number of carboxylic acid groups (broad SMARTS) is 1. The third-order valence-corrected chi connectivity index (χ3v) is 3.74. The van der Waals surface area contributed by atoms with Crippen molar-refractivity contribution < 1.29 is 19.0 Å². The van der Waals surface area contributed by atoms with Crippen LogP contribution >= 0.6 is 0 Å². The van der Waals surface area contributed by atoms with E-state index in [-0.39, 0.29) is 12.0 Å². The Hall–Kier alpha value is -2.36. The van der Waals surface area contributed by atoms with E-state index in [2.05, 4.69) is 0 Å². The molecule has 0 aromatic heterocycles. The molecule has 116 valence electrons. The molecule has 2 aromatic rings. The Morgan fingerprint density at radius 1 is 1.27 bits per heavy atom. The Morgan fingerprint density at radius 2 is 2.00 bits per heavy atom. The summed E-state index contributed by atoms with van der Waals surface area (Å²) >= 11 is 0. The summed E-state index contributed by atoms with van der Waals surface area (Å²) in [5, 5.41) is 9.45. The van der Waals surface area contributed by atoms with Crippen LogP contribution in [0.5, 0.6) is 5.75 Å². The molecule has 2 aromatic carbocycles. The zero-order valence-corrected chi connectivity index (χ0v) is 12.7. The predicted molar refractivity (Wildman–Crippen MR) is 82.9 cm³/mol. The maximum absolute atomic E-state index is 13.9. The number of ether oxygens (including phenoxy) is 1. The fourth-order valence-corrected chi connectivity index (χ4v) is 2.56. The number of aryl methyl sites for hydroxylation is 1.